The Labute approximate surface area is 122 Å². The predicted molar refractivity (Wildman–Crippen MR) is 82.3 cm³/mol. The van der Waals surface area contributed by atoms with Gasteiger partial charge in [-0.2, -0.15) is 16.9 Å². The third-order valence-corrected chi connectivity index (χ3v) is 5.04. The maximum Gasteiger partial charge on any atom is 0.0738 e. The third-order valence-electron chi connectivity index (χ3n) is 2.59. The Morgan fingerprint density at radius 1 is 1.44 bits per heavy atom. The molecule has 1 unspecified atom stereocenters. The van der Waals surface area contributed by atoms with Crippen molar-refractivity contribution in [2.45, 2.75) is 58.4 Å². The number of aliphatic hydroxyl groups excluding tert-OH is 1. The number of hydrogen-bond acceptors (Lipinski definition) is 3. The van der Waals surface area contributed by atoms with Gasteiger partial charge >= 0.3 is 0 Å². The van der Waals surface area contributed by atoms with E-state index in [-0.39, 0.29) is 10.9 Å². The van der Waals surface area contributed by atoms with Gasteiger partial charge in [0, 0.05) is 23.5 Å². The lowest BCUT2D eigenvalue weighted by Crippen LogP contribution is -2.20. The van der Waals surface area contributed by atoms with E-state index in [9.17, 15) is 5.11 Å². The van der Waals surface area contributed by atoms with Crippen molar-refractivity contribution >= 4 is 27.7 Å². The summed E-state index contributed by atoms with van der Waals surface area (Å²) in [7, 11) is 0. The van der Waals surface area contributed by atoms with Gasteiger partial charge in [-0.15, -0.1) is 0 Å². The molecule has 0 aliphatic rings. The molecule has 0 fully saturated rings. The standard InChI is InChI=1S/C13H23BrN2OS/c1-6-16-11(12(14)9(2)15-16)7-10(17)8-18-13(3,4)5/h10,17H,6-8H2,1-5H3. The Morgan fingerprint density at radius 2 is 2.06 bits per heavy atom. The van der Waals surface area contributed by atoms with Crippen molar-refractivity contribution in [1.82, 2.24) is 9.78 Å². The SMILES string of the molecule is CCn1nc(C)c(Br)c1CC(O)CSC(C)(C)C. The Balaban J connectivity index is 2.67. The molecule has 0 amide bonds. The summed E-state index contributed by atoms with van der Waals surface area (Å²) in [6, 6.07) is 0. The molecule has 104 valence electrons. The maximum atomic E-state index is 10.1. The minimum absolute atomic E-state index is 0.194. The minimum atomic E-state index is -0.327. The topological polar surface area (TPSA) is 38.0 Å². The summed E-state index contributed by atoms with van der Waals surface area (Å²) >= 11 is 5.35. The van der Waals surface area contributed by atoms with E-state index in [1.54, 1.807) is 11.8 Å². The largest absolute Gasteiger partial charge is 0.392 e. The van der Waals surface area contributed by atoms with Crippen molar-refractivity contribution in [3.8, 4) is 0 Å². The number of aliphatic hydroxyl groups is 1. The number of hydrogen-bond donors (Lipinski definition) is 1. The summed E-state index contributed by atoms with van der Waals surface area (Å²) in [4.78, 5) is 0. The Morgan fingerprint density at radius 3 is 2.56 bits per heavy atom. The molecule has 18 heavy (non-hydrogen) atoms. The molecule has 5 heteroatoms. The number of rotatable bonds is 5. The fourth-order valence-corrected chi connectivity index (χ4v) is 2.95. The van der Waals surface area contributed by atoms with Crippen LogP contribution in [0.25, 0.3) is 0 Å². The quantitative estimate of drug-likeness (QED) is 0.896. The summed E-state index contributed by atoms with van der Waals surface area (Å²) in [5.41, 5.74) is 2.08. The normalized spacial score (nSPS) is 13.9. The number of aromatic nitrogens is 2. The summed E-state index contributed by atoms with van der Waals surface area (Å²) in [5.74, 6) is 0.754. The van der Waals surface area contributed by atoms with Crippen LogP contribution in [0.3, 0.4) is 0 Å². The molecule has 1 heterocycles. The summed E-state index contributed by atoms with van der Waals surface area (Å²) < 4.78 is 3.19. The second kappa shape index (κ2) is 6.44. The monoisotopic (exact) mass is 334 g/mol. The van der Waals surface area contributed by atoms with Gasteiger partial charge in [0.2, 0.25) is 0 Å². The first kappa shape index (κ1) is 16.1. The molecule has 0 aliphatic carbocycles. The molecular weight excluding hydrogens is 312 g/mol. The van der Waals surface area contributed by atoms with Gasteiger partial charge in [0.05, 0.1) is 22.0 Å². The van der Waals surface area contributed by atoms with E-state index in [2.05, 4.69) is 48.7 Å². The van der Waals surface area contributed by atoms with Crippen LogP contribution in [0.5, 0.6) is 0 Å². The average molecular weight is 335 g/mol. The van der Waals surface area contributed by atoms with Crippen LogP contribution in [0.15, 0.2) is 4.47 Å². The highest BCUT2D eigenvalue weighted by atomic mass is 79.9. The molecule has 1 N–H and O–H groups in total. The van der Waals surface area contributed by atoms with Gasteiger partial charge in [0.15, 0.2) is 0 Å². The van der Waals surface area contributed by atoms with E-state index in [0.717, 1.165) is 28.2 Å². The van der Waals surface area contributed by atoms with Crippen LogP contribution < -0.4 is 0 Å². The van der Waals surface area contributed by atoms with Gasteiger partial charge in [-0.3, -0.25) is 4.68 Å². The number of halogens is 1. The number of nitrogens with zero attached hydrogens (tertiary/aromatic N) is 2. The van der Waals surface area contributed by atoms with E-state index in [0.29, 0.717) is 6.42 Å². The molecule has 1 aromatic heterocycles. The van der Waals surface area contributed by atoms with Gasteiger partial charge < -0.3 is 5.11 Å². The zero-order chi connectivity index (χ0) is 13.9. The van der Waals surface area contributed by atoms with Crippen molar-refractivity contribution in [3.63, 3.8) is 0 Å². The summed E-state index contributed by atoms with van der Waals surface area (Å²) in [5, 5.41) is 14.6. The maximum absolute atomic E-state index is 10.1. The van der Waals surface area contributed by atoms with Crippen molar-refractivity contribution in [1.29, 1.82) is 0 Å². The van der Waals surface area contributed by atoms with E-state index < -0.39 is 0 Å². The lowest BCUT2D eigenvalue weighted by Gasteiger charge is -2.20. The molecule has 0 saturated heterocycles. The van der Waals surface area contributed by atoms with E-state index in [1.165, 1.54) is 0 Å². The first-order valence-corrected chi connectivity index (χ1v) is 8.06. The average Bonchev–Trinajstić information content (AvgIpc) is 2.53. The molecular formula is C13H23BrN2OS. The molecule has 0 aromatic carbocycles. The molecule has 1 rings (SSSR count). The van der Waals surface area contributed by atoms with Crippen molar-refractivity contribution in [3.05, 3.63) is 15.9 Å². The zero-order valence-corrected chi connectivity index (χ0v) is 14.2. The smallest absolute Gasteiger partial charge is 0.0738 e. The predicted octanol–water partition coefficient (Wildman–Crippen LogP) is 3.41. The molecule has 0 radical (unpaired) electrons. The Bertz CT molecular complexity index is 398. The number of aryl methyl sites for hydroxylation is 2. The second-order valence-corrected chi connectivity index (χ2v) is 8.08. The fraction of sp³-hybridized carbons (Fsp3) is 0.769. The molecule has 1 atom stereocenters. The Kier molecular flexibility index (Phi) is 5.74. The molecule has 0 bridgehead atoms. The Hall–Kier alpha value is -0.0000000000000000555. The van der Waals surface area contributed by atoms with Crippen LogP contribution in [0.2, 0.25) is 0 Å². The highest BCUT2D eigenvalue weighted by Crippen LogP contribution is 2.26. The van der Waals surface area contributed by atoms with Gasteiger partial charge in [-0.05, 0) is 29.8 Å². The van der Waals surface area contributed by atoms with Crippen LogP contribution >= 0.6 is 27.7 Å². The highest BCUT2D eigenvalue weighted by Gasteiger charge is 2.18. The molecule has 1 aromatic rings. The first-order chi connectivity index (χ1) is 8.24. The number of thioether (sulfide) groups is 1. The van der Waals surface area contributed by atoms with Crippen LogP contribution in [0.1, 0.15) is 39.1 Å². The van der Waals surface area contributed by atoms with Crippen molar-refractivity contribution in [2.75, 3.05) is 5.75 Å². The van der Waals surface area contributed by atoms with Crippen LogP contribution in [-0.2, 0) is 13.0 Å². The molecule has 0 spiro atoms. The lowest BCUT2D eigenvalue weighted by molar-refractivity contribution is 0.196. The summed E-state index contributed by atoms with van der Waals surface area (Å²) in [6.07, 6.45) is 0.324. The van der Waals surface area contributed by atoms with Crippen LogP contribution in [0, 0.1) is 6.92 Å². The first-order valence-electron chi connectivity index (χ1n) is 6.28. The van der Waals surface area contributed by atoms with Crippen LogP contribution in [0.4, 0.5) is 0 Å². The lowest BCUT2D eigenvalue weighted by atomic mass is 10.2. The van der Waals surface area contributed by atoms with E-state index in [4.69, 9.17) is 0 Å². The highest BCUT2D eigenvalue weighted by molar-refractivity contribution is 9.10. The van der Waals surface area contributed by atoms with Gasteiger partial charge in [-0.25, -0.2) is 0 Å². The second-order valence-electron chi connectivity index (χ2n) is 5.44. The van der Waals surface area contributed by atoms with E-state index in [1.807, 2.05) is 11.6 Å². The van der Waals surface area contributed by atoms with Gasteiger partial charge in [0.1, 0.15) is 0 Å². The van der Waals surface area contributed by atoms with Crippen molar-refractivity contribution < 1.29 is 5.11 Å². The fourth-order valence-electron chi connectivity index (χ4n) is 1.69. The molecule has 0 saturated carbocycles. The summed E-state index contributed by atoms with van der Waals surface area (Å²) in [6.45, 7) is 11.4. The molecule has 3 nitrogen and oxygen atoms in total. The van der Waals surface area contributed by atoms with Gasteiger partial charge in [-0.1, -0.05) is 20.8 Å². The minimum Gasteiger partial charge on any atom is -0.392 e. The molecule has 0 aliphatic heterocycles. The van der Waals surface area contributed by atoms with Crippen LogP contribution in [-0.4, -0.2) is 31.5 Å². The van der Waals surface area contributed by atoms with E-state index >= 15 is 0 Å². The zero-order valence-electron chi connectivity index (χ0n) is 11.8. The third kappa shape index (κ3) is 4.59. The van der Waals surface area contributed by atoms with Crippen molar-refractivity contribution in [2.24, 2.45) is 0 Å². The van der Waals surface area contributed by atoms with Gasteiger partial charge in [0.25, 0.3) is 0 Å².